The van der Waals surface area contributed by atoms with Crippen LogP contribution in [0.15, 0.2) is 36.9 Å². The molecule has 2 N–H and O–H groups in total. The fourth-order valence-corrected chi connectivity index (χ4v) is 4.08. The summed E-state index contributed by atoms with van der Waals surface area (Å²) in [5.41, 5.74) is 0.173. The van der Waals surface area contributed by atoms with Gasteiger partial charge in [0.2, 0.25) is 10.0 Å². The molecule has 3 aromatic rings. The van der Waals surface area contributed by atoms with Crippen LogP contribution in [0.1, 0.15) is 29.8 Å². The highest BCUT2D eigenvalue weighted by Crippen LogP contribution is 2.25. The number of carbonyl (C=O) groups is 1. The number of hydrogen-bond acceptors (Lipinski definition) is 5. The number of halogens is 1. The van der Waals surface area contributed by atoms with Gasteiger partial charge in [0.05, 0.1) is 22.6 Å². The van der Waals surface area contributed by atoms with Crippen LogP contribution in [0.3, 0.4) is 0 Å². The first-order chi connectivity index (χ1) is 12.3. The number of anilines is 1. The lowest BCUT2D eigenvalue weighted by molar-refractivity contribution is 0.103. The highest BCUT2D eigenvalue weighted by atomic mass is 32.2. The standard InChI is InChI=1S/C17H17FN4O3S/c1-10(2)8-26(24,25)22-14-5-3-4-11(15(14)18)16(23)12-7-20-17-13(12)6-19-9-21-17/h3-7,9-10,22H,8H2,1-2H3,(H,19,20,21). The number of aromatic nitrogens is 3. The van der Waals surface area contributed by atoms with E-state index in [0.29, 0.717) is 11.0 Å². The zero-order valence-corrected chi connectivity index (χ0v) is 15.0. The minimum atomic E-state index is -3.71. The van der Waals surface area contributed by atoms with Crippen molar-refractivity contribution in [2.75, 3.05) is 10.5 Å². The number of aromatic amines is 1. The maximum absolute atomic E-state index is 14.8. The highest BCUT2D eigenvalue weighted by molar-refractivity contribution is 7.92. The van der Waals surface area contributed by atoms with Crippen LogP contribution in [-0.4, -0.2) is 34.9 Å². The van der Waals surface area contributed by atoms with Crippen LogP contribution in [0, 0.1) is 11.7 Å². The molecule has 0 unspecified atom stereocenters. The van der Waals surface area contributed by atoms with Gasteiger partial charge in [-0.15, -0.1) is 0 Å². The topological polar surface area (TPSA) is 105 Å². The molecule has 0 fully saturated rings. The number of carbonyl (C=O) groups excluding carboxylic acids is 1. The van der Waals surface area contributed by atoms with Crippen LogP contribution in [0.25, 0.3) is 11.0 Å². The molecule has 9 heteroatoms. The molecule has 2 aromatic heterocycles. The minimum absolute atomic E-state index is 0.119. The Morgan fingerprint density at radius 3 is 2.81 bits per heavy atom. The van der Waals surface area contributed by atoms with Gasteiger partial charge < -0.3 is 4.98 Å². The van der Waals surface area contributed by atoms with Crippen molar-refractivity contribution in [1.29, 1.82) is 0 Å². The van der Waals surface area contributed by atoms with Crippen molar-refractivity contribution in [3.8, 4) is 0 Å². The summed E-state index contributed by atoms with van der Waals surface area (Å²) in [4.78, 5) is 23.4. The summed E-state index contributed by atoms with van der Waals surface area (Å²) >= 11 is 0. The molecule has 136 valence electrons. The maximum atomic E-state index is 14.8. The van der Waals surface area contributed by atoms with Gasteiger partial charge in [0.1, 0.15) is 12.0 Å². The lowest BCUT2D eigenvalue weighted by atomic mass is 10.0. The molecule has 7 nitrogen and oxygen atoms in total. The van der Waals surface area contributed by atoms with Crippen LogP contribution < -0.4 is 4.72 Å². The lowest BCUT2D eigenvalue weighted by Gasteiger charge is -2.12. The van der Waals surface area contributed by atoms with Gasteiger partial charge in [0.15, 0.2) is 11.6 Å². The Hall–Kier alpha value is -2.81. The maximum Gasteiger partial charge on any atom is 0.233 e. The number of hydrogen-bond donors (Lipinski definition) is 2. The van der Waals surface area contributed by atoms with E-state index in [9.17, 15) is 17.6 Å². The summed E-state index contributed by atoms with van der Waals surface area (Å²) in [7, 11) is -3.71. The molecule has 0 radical (unpaired) electrons. The zero-order valence-electron chi connectivity index (χ0n) is 14.2. The molecular formula is C17H17FN4O3S. The normalized spacial score (nSPS) is 11.8. The zero-order chi connectivity index (χ0) is 18.9. The van der Waals surface area contributed by atoms with Gasteiger partial charge in [-0.2, -0.15) is 0 Å². The molecule has 0 bridgehead atoms. The SMILES string of the molecule is CC(C)CS(=O)(=O)Nc1cccc(C(=O)c2c[nH]c3ncncc23)c1F. The third kappa shape index (κ3) is 3.57. The molecular weight excluding hydrogens is 359 g/mol. The van der Waals surface area contributed by atoms with E-state index in [1.165, 1.54) is 36.9 Å². The van der Waals surface area contributed by atoms with E-state index in [0.717, 1.165) is 0 Å². The van der Waals surface area contributed by atoms with Gasteiger partial charge >= 0.3 is 0 Å². The number of fused-ring (bicyclic) bond motifs is 1. The fraction of sp³-hybridized carbons (Fsp3) is 0.235. The first-order valence-electron chi connectivity index (χ1n) is 7.89. The fourth-order valence-electron chi connectivity index (χ4n) is 2.63. The largest absolute Gasteiger partial charge is 0.345 e. The second kappa shape index (κ2) is 6.83. The number of nitrogens with one attached hydrogen (secondary N) is 2. The van der Waals surface area contributed by atoms with Crippen molar-refractivity contribution >= 4 is 32.5 Å². The van der Waals surface area contributed by atoms with E-state index in [-0.39, 0.29) is 28.5 Å². The van der Waals surface area contributed by atoms with Crippen molar-refractivity contribution in [1.82, 2.24) is 15.0 Å². The second-order valence-electron chi connectivity index (χ2n) is 6.26. The van der Waals surface area contributed by atoms with Crippen molar-refractivity contribution in [3.05, 3.63) is 53.9 Å². The molecule has 0 spiro atoms. The summed E-state index contributed by atoms with van der Waals surface area (Å²) in [6.45, 7) is 3.49. The number of H-pyrrole nitrogens is 1. The van der Waals surface area contributed by atoms with Crippen molar-refractivity contribution in [3.63, 3.8) is 0 Å². The average molecular weight is 376 g/mol. The van der Waals surface area contributed by atoms with Crippen LogP contribution in [0.4, 0.5) is 10.1 Å². The Labute approximate surface area is 149 Å². The third-order valence-corrected chi connectivity index (χ3v) is 5.30. The Morgan fingerprint density at radius 2 is 2.08 bits per heavy atom. The van der Waals surface area contributed by atoms with Gasteiger partial charge in [-0.3, -0.25) is 9.52 Å². The summed E-state index contributed by atoms with van der Waals surface area (Å²) in [5.74, 6) is -1.78. The Kier molecular flexibility index (Phi) is 4.73. The van der Waals surface area contributed by atoms with Crippen molar-refractivity contribution in [2.45, 2.75) is 13.8 Å². The Balaban J connectivity index is 1.98. The van der Waals surface area contributed by atoms with Gasteiger partial charge in [-0.05, 0) is 18.1 Å². The predicted octanol–water partition coefficient (Wildman–Crippen LogP) is 2.73. The van der Waals surface area contributed by atoms with Crippen LogP contribution in [0.5, 0.6) is 0 Å². The highest BCUT2D eigenvalue weighted by Gasteiger charge is 2.22. The van der Waals surface area contributed by atoms with E-state index in [1.807, 2.05) is 0 Å². The van der Waals surface area contributed by atoms with Gasteiger partial charge in [-0.1, -0.05) is 19.9 Å². The number of benzene rings is 1. The van der Waals surface area contributed by atoms with Gasteiger partial charge in [0, 0.05) is 17.8 Å². The third-order valence-electron chi connectivity index (χ3n) is 3.66. The van der Waals surface area contributed by atoms with Crippen LogP contribution >= 0.6 is 0 Å². The smallest absolute Gasteiger partial charge is 0.233 e. The second-order valence-corrected chi connectivity index (χ2v) is 8.03. The minimum Gasteiger partial charge on any atom is -0.345 e. The molecule has 1 aromatic carbocycles. The van der Waals surface area contributed by atoms with Crippen molar-refractivity contribution < 1.29 is 17.6 Å². The molecule has 3 rings (SSSR count). The van der Waals surface area contributed by atoms with Gasteiger partial charge in [-0.25, -0.2) is 22.8 Å². The molecule has 0 amide bonds. The first kappa shape index (κ1) is 18.0. The Bertz CT molecular complexity index is 1080. The molecule has 0 aliphatic rings. The molecule has 0 atom stereocenters. The molecule has 0 aliphatic heterocycles. The molecule has 0 aliphatic carbocycles. The van der Waals surface area contributed by atoms with E-state index in [4.69, 9.17) is 0 Å². The Morgan fingerprint density at radius 1 is 1.31 bits per heavy atom. The number of rotatable bonds is 6. The van der Waals surface area contributed by atoms with Gasteiger partial charge in [0.25, 0.3) is 0 Å². The summed E-state index contributed by atoms with van der Waals surface area (Å²) < 4.78 is 41.1. The summed E-state index contributed by atoms with van der Waals surface area (Å²) in [6, 6.07) is 4.01. The van der Waals surface area contributed by atoms with Crippen molar-refractivity contribution in [2.24, 2.45) is 5.92 Å². The predicted molar refractivity (Wildman–Crippen MR) is 96.0 cm³/mol. The lowest BCUT2D eigenvalue weighted by Crippen LogP contribution is -2.21. The molecule has 0 saturated heterocycles. The molecule has 2 heterocycles. The first-order valence-corrected chi connectivity index (χ1v) is 9.54. The number of nitrogens with zero attached hydrogens (tertiary/aromatic N) is 2. The molecule has 26 heavy (non-hydrogen) atoms. The van der Waals surface area contributed by atoms with E-state index < -0.39 is 21.6 Å². The number of sulfonamides is 1. The van der Waals surface area contributed by atoms with Crippen LogP contribution in [0.2, 0.25) is 0 Å². The van der Waals surface area contributed by atoms with E-state index in [2.05, 4.69) is 19.7 Å². The van der Waals surface area contributed by atoms with Crippen LogP contribution in [-0.2, 0) is 10.0 Å². The van der Waals surface area contributed by atoms with E-state index in [1.54, 1.807) is 13.8 Å². The quantitative estimate of drug-likeness (QED) is 0.644. The monoisotopic (exact) mass is 376 g/mol. The number of ketones is 1. The summed E-state index contributed by atoms with van der Waals surface area (Å²) in [6.07, 6.45) is 4.22. The average Bonchev–Trinajstić information content (AvgIpc) is 2.99. The summed E-state index contributed by atoms with van der Waals surface area (Å²) in [5, 5.41) is 0.461. The van der Waals surface area contributed by atoms with E-state index >= 15 is 0 Å². The molecule has 0 saturated carbocycles.